The van der Waals surface area contributed by atoms with Crippen molar-refractivity contribution in [3.8, 4) is 0 Å². The smallest absolute Gasteiger partial charge is 0.0692 e. The highest BCUT2D eigenvalue weighted by Gasteiger charge is 2.12. The zero-order chi connectivity index (χ0) is 23.0. The normalized spacial score (nSPS) is 12.5. The van der Waals surface area contributed by atoms with Crippen LogP contribution in [0, 0.1) is 0 Å². The van der Waals surface area contributed by atoms with Gasteiger partial charge < -0.3 is 0 Å². The molecule has 2 aromatic rings. The number of hydrogen-bond acceptors (Lipinski definition) is 2. The monoisotopic (exact) mass is 418 g/mol. The maximum absolute atomic E-state index is 4.97. The zero-order valence-electron chi connectivity index (χ0n) is 21.2. The number of nitrogens with zero attached hydrogens (tertiary/aromatic N) is 2. The highest BCUT2D eigenvalue weighted by atomic mass is 14.8. The van der Waals surface area contributed by atoms with Crippen molar-refractivity contribution in [2.75, 3.05) is 0 Å². The molecule has 0 aliphatic rings. The first-order valence-corrected chi connectivity index (χ1v) is 12.3. The van der Waals surface area contributed by atoms with Crippen LogP contribution < -0.4 is 0 Å². The van der Waals surface area contributed by atoms with Gasteiger partial charge in [0.05, 0.1) is 11.4 Å². The molecule has 0 saturated heterocycles. The second-order valence-electron chi connectivity index (χ2n) is 8.52. The van der Waals surface area contributed by atoms with Gasteiger partial charge in [0, 0.05) is 11.4 Å². The minimum absolute atomic E-state index is 0.966. The van der Waals surface area contributed by atoms with Crippen molar-refractivity contribution in [1.29, 1.82) is 0 Å². The summed E-state index contributed by atoms with van der Waals surface area (Å²) in [4.78, 5) is 9.94. The van der Waals surface area contributed by atoms with Gasteiger partial charge in [0.2, 0.25) is 0 Å². The molecule has 168 valence electrons. The number of rotatable bonds is 10. The van der Waals surface area contributed by atoms with E-state index in [1.165, 1.54) is 56.2 Å². The van der Waals surface area contributed by atoms with E-state index in [1.54, 1.807) is 0 Å². The van der Waals surface area contributed by atoms with Gasteiger partial charge in [0.15, 0.2) is 0 Å². The summed E-state index contributed by atoms with van der Waals surface area (Å²) >= 11 is 0. The Kier molecular flexibility index (Phi) is 9.68. The quantitative estimate of drug-likeness (QED) is 0.345. The van der Waals surface area contributed by atoms with E-state index >= 15 is 0 Å². The molecule has 2 nitrogen and oxygen atoms in total. The predicted molar refractivity (Wildman–Crippen MR) is 139 cm³/mol. The second-order valence-corrected chi connectivity index (χ2v) is 8.52. The zero-order valence-corrected chi connectivity index (χ0v) is 21.2. The van der Waals surface area contributed by atoms with Gasteiger partial charge in [-0.25, -0.2) is 0 Å². The highest BCUT2D eigenvalue weighted by molar-refractivity contribution is 5.86. The molecular weight excluding hydrogens is 376 g/mol. The van der Waals surface area contributed by atoms with Crippen molar-refractivity contribution in [3.63, 3.8) is 0 Å². The molecule has 2 rings (SSSR count). The summed E-state index contributed by atoms with van der Waals surface area (Å²) < 4.78 is 0. The van der Waals surface area contributed by atoms with Crippen LogP contribution in [0.4, 0.5) is 11.4 Å². The first-order valence-electron chi connectivity index (χ1n) is 12.3. The largest absolute Gasteiger partial charge is 0.258 e. The van der Waals surface area contributed by atoms with E-state index in [2.05, 4.69) is 79.7 Å². The minimum Gasteiger partial charge on any atom is -0.258 e. The Labute approximate surface area is 190 Å². The molecule has 0 amide bonds. The summed E-state index contributed by atoms with van der Waals surface area (Å²) in [5, 5.41) is 0. The van der Waals surface area contributed by atoms with E-state index < -0.39 is 0 Å². The Morgan fingerprint density at radius 2 is 0.839 bits per heavy atom. The van der Waals surface area contributed by atoms with Crippen LogP contribution >= 0.6 is 0 Å². The van der Waals surface area contributed by atoms with Crippen molar-refractivity contribution in [1.82, 2.24) is 0 Å². The Hall–Kier alpha value is -2.22. The van der Waals surface area contributed by atoms with E-state index in [-0.39, 0.29) is 0 Å². The average Bonchev–Trinajstić information content (AvgIpc) is 2.79. The Balaban J connectivity index is 2.53. The highest BCUT2D eigenvalue weighted by Crippen LogP contribution is 2.32. The molecule has 0 aromatic heterocycles. The maximum Gasteiger partial charge on any atom is 0.0692 e. The molecule has 0 saturated carbocycles. The number of aliphatic imine (C=N–C) groups is 2. The van der Waals surface area contributed by atoms with Crippen molar-refractivity contribution < 1.29 is 0 Å². The molecule has 2 heteroatoms. The summed E-state index contributed by atoms with van der Waals surface area (Å²) in [5.74, 6) is 0. The SMILES string of the molecule is CCC(C)=Nc1c(CC)cc(Cc2cc(CC)c(N=C(C)CC)c(CC)c2)cc1CC. The van der Waals surface area contributed by atoms with E-state index in [0.717, 1.165) is 44.9 Å². The lowest BCUT2D eigenvalue weighted by atomic mass is 9.92. The summed E-state index contributed by atoms with van der Waals surface area (Å²) in [6.45, 7) is 17.6. The molecule has 0 aliphatic carbocycles. The summed E-state index contributed by atoms with van der Waals surface area (Å²) in [6, 6.07) is 9.52. The molecule has 0 fully saturated rings. The van der Waals surface area contributed by atoms with E-state index in [1.807, 2.05) is 0 Å². The van der Waals surface area contributed by atoms with Crippen LogP contribution in [0.5, 0.6) is 0 Å². The molecule has 0 N–H and O–H groups in total. The molecule has 0 aliphatic heterocycles. The molecule has 0 bridgehead atoms. The van der Waals surface area contributed by atoms with E-state index in [9.17, 15) is 0 Å². The molecular formula is C29H42N2. The topological polar surface area (TPSA) is 24.7 Å². The molecule has 0 atom stereocenters. The molecule has 0 unspecified atom stereocenters. The van der Waals surface area contributed by atoms with Crippen molar-refractivity contribution >= 4 is 22.8 Å². The molecule has 2 aromatic carbocycles. The first kappa shape index (κ1) is 25.0. The van der Waals surface area contributed by atoms with Gasteiger partial charge in [0.25, 0.3) is 0 Å². The van der Waals surface area contributed by atoms with Crippen molar-refractivity contribution in [2.45, 2.75) is 100 Å². The summed E-state index contributed by atoms with van der Waals surface area (Å²) in [6.07, 6.45) is 7.03. The van der Waals surface area contributed by atoms with Crippen LogP contribution in [-0.2, 0) is 32.1 Å². The van der Waals surface area contributed by atoms with Gasteiger partial charge in [0.1, 0.15) is 0 Å². The van der Waals surface area contributed by atoms with Gasteiger partial charge >= 0.3 is 0 Å². The average molecular weight is 419 g/mol. The van der Waals surface area contributed by atoms with Gasteiger partial charge in [-0.3, -0.25) is 9.98 Å². The van der Waals surface area contributed by atoms with Crippen LogP contribution in [0.15, 0.2) is 34.3 Å². The van der Waals surface area contributed by atoms with Crippen molar-refractivity contribution in [3.05, 3.63) is 57.6 Å². The second kappa shape index (κ2) is 12.0. The van der Waals surface area contributed by atoms with Gasteiger partial charge in [-0.15, -0.1) is 0 Å². The van der Waals surface area contributed by atoms with Crippen molar-refractivity contribution in [2.24, 2.45) is 9.98 Å². The molecule has 0 heterocycles. The molecule has 0 radical (unpaired) electrons. The van der Waals surface area contributed by atoms with Gasteiger partial charge in [-0.2, -0.15) is 0 Å². The van der Waals surface area contributed by atoms with Gasteiger partial charge in [-0.05, 0) is 92.2 Å². The minimum atomic E-state index is 0.966. The van der Waals surface area contributed by atoms with E-state index in [4.69, 9.17) is 9.98 Å². The van der Waals surface area contributed by atoms with Crippen LogP contribution in [0.2, 0.25) is 0 Å². The lowest BCUT2D eigenvalue weighted by Crippen LogP contribution is -2.00. The van der Waals surface area contributed by atoms with E-state index in [0.29, 0.717) is 0 Å². The number of hydrogen-bond donors (Lipinski definition) is 0. The van der Waals surface area contributed by atoms with Crippen LogP contribution in [0.3, 0.4) is 0 Å². The summed E-state index contributed by atoms with van der Waals surface area (Å²) in [7, 11) is 0. The Morgan fingerprint density at radius 3 is 1.06 bits per heavy atom. The number of aryl methyl sites for hydroxylation is 4. The van der Waals surface area contributed by atoms with Crippen LogP contribution in [0.1, 0.15) is 102 Å². The fourth-order valence-electron chi connectivity index (χ4n) is 4.01. The Morgan fingerprint density at radius 1 is 0.548 bits per heavy atom. The molecule has 0 spiro atoms. The lowest BCUT2D eigenvalue weighted by Gasteiger charge is -2.16. The summed E-state index contributed by atoms with van der Waals surface area (Å²) in [5.41, 5.74) is 13.1. The van der Waals surface area contributed by atoms with Crippen LogP contribution in [0.25, 0.3) is 0 Å². The third-order valence-corrected chi connectivity index (χ3v) is 6.22. The lowest BCUT2D eigenvalue weighted by molar-refractivity contribution is 1.03. The fourth-order valence-corrected chi connectivity index (χ4v) is 4.01. The van der Waals surface area contributed by atoms with Crippen LogP contribution in [-0.4, -0.2) is 11.4 Å². The van der Waals surface area contributed by atoms with Gasteiger partial charge in [-0.1, -0.05) is 65.8 Å². The number of benzene rings is 2. The predicted octanol–water partition coefficient (Wildman–Crippen LogP) is 8.53. The molecule has 31 heavy (non-hydrogen) atoms. The first-order chi connectivity index (χ1) is 14.9. The Bertz CT molecular complexity index is 820. The maximum atomic E-state index is 4.97. The third kappa shape index (κ3) is 6.38. The fraction of sp³-hybridized carbons (Fsp3) is 0.517. The standard InChI is InChI=1S/C29H42N2/c1-9-20(7)30-28-24(11-3)16-22(17-25(28)12-4)15-23-18-26(13-5)29(27(14-6)19-23)31-21(8)10-2/h16-19H,9-15H2,1-8H3. The third-order valence-electron chi connectivity index (χ3n) is 6.22.